The van der Waals surface area contributed by atoms with Crippen molar-refractivity contribution in [3.63, 3.8) is 0 Å². The Balaban J connectivity index is 1.72. The maximum absolute atomic E-state index is 13.9. The van der Waals surface area contributed by atoms with Crippen LogP contribution in [-0.4, -0.2) is 28.2 Å². The molecule has 180 valence electrons. The number of nitrogens with zero attached hydrogens (tertiary/aromatic N) is 1. The number of hydrogen-bond donors (Lipinski definition) is 1. The van der Waals surface area contributed by atoms with Crippen molar-refractivity contribution in [1.82, 2.24) is 9.88 Å². The van der Waals surface area contributed by atoms with E-state index in [0.29, 0.717) is 23.7 Å². The number of halogens is 1. The summed E-state index contributed by atoms with van der Waals surface area (Å²) in [6, 6.07) is 8.27. The molecule has 0 saturated heterocycles. The van der Waals surface area contributed by atoms with Crippen LogP contribution in [0.25, 0.3) is 10.9 Å². The van der Waals surface area contributed by atoms with Gasteiger partial charge in [-0.3, -0.25) is 9.59 Å². The Morgan fingerprint density at radius 1 is 0.879 bits per heavy atom. The number of aryl methyl sites for hydroxylation is 1. The summed E-state index contributed by atoms with van der Waals surface area (Å²) in [5, 5.41) is 4.29. The first-order chi connectivity index (χ1) is 16.2. The van der Waals surface area contributed by atoms with Gasteiger partial charge in [-0.2, -0.15) is 0 Å². The van der Waals surface area contributed by atoms with Gasteiger partial charge in [0.25, 0.3) is 5.91 Å². The van der Waals surface area contributed by atoms with Crippen LogP contribution in [-0.2, 0) is 6.54 Å². The summed E-state index contributed by atoms with van der Waals surface area (Å²) in [7, 11) is 0. The summed E-state index contributed by atoms with van der Waals surface area (Å²) >= 11 is 5.96. The number of carbonyl (C=O) groups is 2. The molecule has 0 unspecified atom stereocenters. The van der Waals surface area contributed by atoms with E-state index in [-0.39, 0.29) is 23.7 Å². The van der Waals surface area contributed by atoms with E-state index < -0.39 is 0 Å². The molecule has 0 radical (unpaired) electrons. The van der Waals surface area contributed by atoms with Gasteiger partial charge in [-0.15, -0.1) is 11.6 Å². The zero-order chi connectivity index (χ0) is 23.0. The van der Waals surface area contributed by atoms with Crippen LogP contribution in [0.2, 0.25) is 0 Å². The minimum atomic E-state index is -0.0678. The third kappa shape index (κ3) is 5.82. The number of benzene rings is 1. The Bertz CT molecular complexity index is 937. The van der Waals surface area contributed by atoms with Gasteiger partial charge in [0.15, 0.2) is 5.78 Å². The Hall–Kier alpha value is -1.81. The number of fused-ring (bicyclic) bond motifs is 1. The fourth-order valence-electron chi connectivity index (χ4n) is 5.81. The Morgan fingerprint density at radius 2 is 1.52 bits per heavy atom. The number of Topliss-reactive ketones (excluding diaryl/α,β-unsaturated/α-hetero) is 1. The zero-order valence-electron chi connectivity index (χ0n) is 19.9. The first-order valence-electron chi connectivity index (χ1n) is 13.2. The van der Waals surface area contributed by atoms with Gasteiger partial charge in [0, 0.05) is 35.3 Å². The van der Waals surface area contributed by atoms with Gasteiger partial charge in [0.2, 0.25) is 0 Å². The highest BCUT2D eigenvalue weighted by Gasteiger charge is 2.32. The summed E-state index contributed by atoms with van der Waals surface area (Å²) in [6.07, 6.45) is 15.3. The maximum Gasteiger partial charge on any atom is 0.268 e. The van der Waals surface area contributed by atoms with Crippen molar-refractivity contribution in [2.45, 2.75) is 102 Å². The lowest BCUT2D eigenvalue weighted by Crippen LogP contribution is -2.37. The van der Waals surface area contributed by atoms with E-state index in [2.05, 4.69) is 16.0 Å². The predicted octanol–water partition coefficient (Wildman–Crippen LogP) is 7.27. The molecule has 1 N–H and O–H groups in total. The van der Waals surface area contributed by atoms with E-state index in [1.165, 1.54) is 25.7 Å². The van der Waals surface area contributed by atoms with Crippen LogP contribution < -0.4 is 5.32 Å². The molecule has 5 heteroatoms. The van der Waals surface area contributed by atoms with Crippen molar-refractivity contribution in [2.75, 3.05) is 5.88 Å². The van der Waals surface area contributed by atoms with E-state index in [9.17, 15) is 9.59 Å². The minimum Gasteiger partial charge on any atom is -0.348 e. The first-order valence-corrected chi connectivity index (χ1v) is 13.8. The fraction of sp³-hybridized carbons (Fsp3) is 0.643. The van der Waals surface area contributed by atoms with Crippen LogP contribution in [0.5, 0.6) is 0 Å². The lowest BCUT2D eigenvalue weighted by molar-refractivity contribution is 0.0867. The van der Waals surface area contributed by atoms with Crippen molar-refractivity contribution in [3.8, 4) is 0 Å². The number of alkyl halides is 1. The number of ketones is 1. The van der Waals surface area contributed by atoms with E-state index in [1.54, 1.807) is 0 Å². The van der Waals surface area contributed by atoms with E-state index in [4.69, 9.17) is 11.6 Å². The predicted molar refractivity (Wildman–Crippen MR) is 136 cm³/mol. The Kier molecular flexibility index (Phi) is 8.89. The highest BCUT2D eigenvalue weighted by molar-refractivity contribution is 6.18. The molecule has 33 heavy (non-hydrogen) atoms. The van der Waals surface area contributed by atoms with Gasteiger partial charge in [0.05, 0.1) is 5.56 Å². The lowest BCUT2D eigenvalue weighted by Gasteiger charge is -2.23. The zero-order valence-corrected chi connectivity index (χ0v) is 20.7. The number of unbranched alkanes of at least 4 members (excludes halogenated alkanes) is 1. The summed E-state index contributed by atoms with van der Waals surface area (Å²) in [6.45, 7) is 0.707. The number of aromatic nitrogens is 1. The van der Waals surface area contributed by atoms with E-state index in [1.807, 2.05) is 18.2 Å². The van der Waals surface area contributed by atoms with Crippen LogP contribution in [0.15, 0.2) is 24.3 Å². The third-order valence-corrected chi connectivity index (χ3v) is 7.88. The maximum atomic E-state index is 13.9. The molecule has 0 spiro atoms. The topological polar surface area (TPSA) is 51.1 Å². The van der Waals surface area contributed by atoms with Gasteiger partial charge in [0.1, 0.15) is 5.69 Å². The molecule has 1 aromatic carbocycles. The van der Waals surface area contributed by atoms with Gasteiger partial charge >= 0.3 is 0 Å². The van der Waals surface area contributed by atoms with Gasteiger partial charge < -0.3 is 9.88 Å². The number of hydrogen-bond acceptors (Lipinski definition) is 2. The van der Waals surface area contributed by atoms with Crippen LogP contribution >= 0.6 is 11.6 Å². The molecule has 4 rings (SSSR count). The molecule has 2 aliphatic rings. The molecule has 2 aromatic rings. The number of nitrogens with one attached hydrogen (secondary N) is 1. The Labute approximate surface area is 203 Å². The number of rotatable bonds is 8. The lowest BCUT2D eigenvalue weighted by atomic mass is 9.83. The average Bonchev–Trinajstić information content (AvgIpc) is 3.15. The van der Waals surface area contributed by atoms with Crippen LogP contribution in [0.1, 0.15) is 111 Å². The molecule has 1 amide bonds. The quantitative estimate of drug-likeness (QED) is 0.250. The number of amides is 1. The first kappa shape index (κ1) is 24.3. The molecule has 0 aliphatic heterocycles. The summed E-state index contributed by atoms with van der Waals surface area (Å²) in [5.74, 6) is 0.747. The van der Waals surface area contributed by atoms with Crippen molar-refractivity contribution < 1.29 is 9.59 Å². The van der Waals surface area contributed by atoms with Gasteiger partial charge in [-0.1, -0.05) is 69.6 Å². The minimum absolute atomic E-state index is 0.0359. The van der Waals surface area contributed by atoms with Gasteiger partial charge in [-0.25, -0.2) is 0 Å². The highest BCUT2D eigenvalue weighted by Crippen LogP contribution is 2.34. The molecule has 2 aliphatic carbocycles. The largest absolute Gasteiger partial charge is 0.348 e. The van der Waals surface area contributed by atoms with Crippen LogP contribution in [0.4, 0.5) is 0 Å². The number of carbonyl (C=O) groups excluding carboxylic acids is 2. The average molecular weight is 471 g/mol. The Morgan fingerprint density at radius 3 is 2.24 bits per heavy atom. The third-order valence-electron chi connectivity index (χ3n) is 7.61. The van der Waals surface area contributed by atoms with Crippen molar-refractivity contribution in [2.24, 2.45) is 5.92 Å². The van der Waals surface area contributed by atoms with Crippen molar-refractivity contribution >= 4 is 34.2 Å². The smallest absolute Gasteiger partial charge is 0.268 e. The molecule has 0 atom stereocenters. The molecule has 1 heterocycles. The standard InChI is InChI=1S/C28H39ClN2O2/c29-19-11-12-20-31-24-18-10-9-17-23(24)25(27(32)21-13-5-4-6-14-21)26(31)28(33)30-22-15-7-2-1-3-8-16-22/h9-10,17-18,21-22H,1-8,11-16,19-20H2,(H,30,33). The molecular weight excluding hydrogens is 432 g/mol. The van der Waals surface area contributed by atoms with Crippen molar-refractivity contribution in [1.29, 1.82) is 0 Å². The number of para-hydroxylation sites is 1. The van der Waals surface area contributed by atoms with Crippen LogP contribution in [0.3, 0.4) is 0 Å². The van der Waals surface area contributed by atoms with Crippen molar-refractivity contribution in [3.05, 3.63) is 35.5 Å². The second-order valence-corrected chi connectivity index (χ2v) is 10.4. The second-order valence-electron chi connectivity index (χ2n) is 10.0. The normalized spacial score (nSPS) is 18.7. The van der Waals surface area contributed by atoms with Crippen LogP contribution in [0, 0.1) is 5.92 Å². The van der Waals surface area contributed by atoms with Gasteiger partial charge in [-0.05, 0) is 44.6 Å². The summed E-state index contributed by atoms with van der Waals surface area (Å²) < 4.78 is 2.11. The van der Waals surface area contributed by atoms with E-state index >= 15 is 0 Å². The summed E-state index contributed by atoms with van der Waals surface area (Å²) in [5.41, 5.74) is 2.24. The highest BCUT2D eigenvalue weighted by atomic mass is 35.5. The summed E-state index contributed by atoms with van der Waals surface area (Å²) in [4.78, 5) is 27.7. The molecule has 4 nitrogen and oxygen atoms in total. The van der Waals surface area contributed by atoms with E-state index in [0.717, 1.165) is 75.1 Å². The molecular formula is C28H39ClN2O2. The second kappa shape index (κ2) is 12.1. The molecule has 0 bridgehead atoms. The molecule has 2 saturated carbocycles. The molecule has 1 aromatic heterocycles. The SMILES string of the molecule is O=C(NC1CCCCCCC1)c1c(C(=O)C2CCCCC2)c2ccccc2n1CCCCCl. The fourth-order valence-corrected chi connectivity index (χ4v) is 6.00. The molecule has 2 fully saturated rings. The monoisotopic (exact) mass is 470 g/mol.